The molecule has 2 N–H and O–H groups in total. The average Bonchev–Trinajstić information content (AvgIpc) is 3.23. The van der Waals surface area contributed by atoms with E-state index in [1.54, 1.807) is 0 Å². The molecule has 24 heavy (non-hydrogen) atoms. The molecule has 124 valence electrons. The topological polar surface area (TPSA) is 54.0 Å². The minimum Gasteiger partial charge on any atom is -0.326 e. The van der Waals surface area contributed by atoms with Crippen LogP contribution in [-0.4, -0.2) is 23.4 Å². The summed E-state index contributed by atoms with van der Waals surface area (Å²) in [5.41, 5.74) is 1.80. The minimum absolute atomic E-state index is 0.0365. The zero-order chi connectivity index (χ0) is 16.9. The number of allylic oxidation sites excluding steroid dienone is 4. The van der Waals surface area contributed by atoms with Crippen molar-refractivity contribution in [1.29, 1.82) is 0 Å². The van der Waals surface area contributed by atoms with Crippen molar-refractivity contribution in [2.45, 2.75) is 6.92 Å². The molecule has 0 saturated carbocycles. The van der Waals surface area contributed by atoms with Gasteiger partial charge in [-0.2, -0.15) is 4.37 Å². The molecule has 1 saturated heterocycles. The number of carbonyl (C=O) groups excluding carboxylic acids is 1. The van der Waals surface area contributed by atoms with Gasteiger partial charge in [-0.1, -0.05) is 30.9 Å². The van der Waals surface area contributed by atoms with Crippen molar-refractivity contribution in [3.63, 3.8) is 0 Å². The number of fused-ring (bicyclic) bond motifs is 1. The van der Waals surface area contributed by atoms with Crippen LogP contribution in [0.3, 0.4) is 0 Å². The van der Waals surface area contributed by atoms with Crippen LogP contribution >= 0.6 is 11.5 Å². The summed E-state index contributed by atoms with van der Waals surface area (Å²) < 4.78 is 5.24. The van der Waals surface area contributed by atoms with Gasteiger partial charge < -0.3 is 10.6 Å². The normalized spacial score (nSPS) is 21.0. The summed E-state index contributed by atoms with van der Waals surface area (Å²) in [6.07, 6.45) is 9.72. The summed E-state index contributed by atoms with van der Waals surface area (Å²) in [6.45, 7) is 7.57. The summed E-state index contributed by atoms with van der Waals surface area (Å²) in [4.78, 5) is 12.7. The van der Waals surface area contributed by atoms with E-state index in [4.69, 9.17) is 0 Å². The van der Waals surface area contributed by atoms with Gasteiger partial charge in [0.2, 0.25) is 5.91 Å². The van der Waals surface area contributed by atoms with Crippen molar-refractivity contribution in [3.05, 3.63) is 60.9 Å². The molecule has 1 amide bonds. The second-order valence-corrected chi connectivity index (χ2v) is 6.73. The fourth-order valence-corrected chi connectivity index (χ4v) is 3.62. The van der Waals surface area contributed by atoms with E-state index >= 15 is 0 Å². The predicted octanol–water partition coefficient (Wildman–Crippen LogP) is 3.76. The van der Waals surface area contributed by atoms with Gasteiger partial charge in [-0.05, 0) is 42.2 Å². The van der Waals surface area contributed by atoms with E-state index in [0.29, 0.717) is 6.54 Å². The highest BCUT2D eigenvalue weighted by molar-refractivity contribution is 7.13. The van der Waals surface area contributed by atoms with Crippen molar-refractivity contribution in [1.82, 2.24) is 9.69 Å². The Morgan fingerprint density at radius 1 is 1.38 bits per heavy atom. The Bertz CT molecular complexity index is 806. The largest absolute Gasteiger partial charge is 0.326 e. The molecule has 3 rings (SSSR count). The maximum Gasteiger partial charge on any atom is 0.229 e. The molecule has 0 radical (unpaired) electrons. The molecule has 2 aromatic rings. The fraction of sp³-hybridized carbons (Fsp3) is 0.263. The number of nitrogens with zero attached hydrogens (tertiary/aromatic N) is 1. The third-order valence-electron chi connectivity index (χ3n) is 4.27. The van der Waals surface area contributed by atoms with Gasteiger partial charge in [0.1, 0.15) is 0 Å². The highest BCUT2D eigenvalue weighted by Crippen LogP contribution is 2.27. The van der Waals surface area contributed by atoms with Crippen LogP contribution < -0.4 is 10.6 Å². The van der Waals surface area contributed by atoms with E-state index in [2.05, 4.69) is 21.6 Å². The number of amides is 1. The number of aromatic nitrogens is 1. The van der Waals surface area contributed by atoms with Crippen LogP contribution in [0.1, 0.15) is 6.92 Å². The second kappa shape index (κ2) is 7.55. The highest BCUT2D eigenvalue weighted by atomic mass is 32.1. The van der Waals surface area contributed by atoms with E-state index in [1.165, 1.54) is 11.5 Å². The summed E-state index contributed by atoms with van der Waals surface area (Å²) in [6, 6.07) is 5.88. The summed E-state index contributed by atoms with van der Waals surface area (Å²) >= 11 is 1.43. The lowest BCUT2D eigenvalue weighted by Crippen LogP contribution is -2.29. The summed E-state index contributed by atoms with van der Waals surface area (Å²) in [5, 5.41) is 7.44. The third kappa shape index (κ3) is 3.63. The molecule has 2 heterocycles. The number of hydrogen-bond acceptors (Lipinski definition) is 4. The van der Waals surface area contributed by atoms with Gasteiger partial charge in [-0.25, -0.2) is 0 Å². The fourth-order valence-electron chi connectivity index (χ4n) is 2.93. The van der Waals surface area contributed by atoms with Crippen LogP contribution in [0.2, 0.25) is 0 Å². The first-order valence-corrected chi connectivity index (χ1v) is 8.80. The Morgan fingerprint density at radius 2 is 2.21 bits per heavy atom. The van der Waals surface area contributed by atoms with Crippen LogP contribution in [0.4, 0.5) is 5.69 Å². The van der Waals surface area contributed by atoms with Gasteiger partial charge in [-0.15, -0.1) is 0 Å². The second-order valence-electron chi connectivity index (χ2n) is 5.90. The van der Waals surface area contributed by atoms with E-state index in [0.717, 1.165) is 27.9 Å². The molecular formula is C19H21N3OS. The molecule has 1 aromatic heterocycles. The molecule has 1 aromatic carbocycles. The first-order chi connectivity index (χ1) is 11.7. The first-order valence-electron chi connectivity index (χ1n) is 8.03. The van der Waals surface area contributed by atoms with E-state index in [-0.39, 0.29) is 17.7 Å². The Labute approximate surface area is 146 Å². The minimum atomic E-state index is -0.107. The van der Waals surface area contributed by atoms with Crippen LogP contribution in [-0.2, 0) is 4.79 Å². The molecule has 0 bridgehead atoms. The highest BCUT2D eigenvalue weighted by Gasteiger charge is 2.33. The molecule has 1 fully saturated rings. The van der Waals surface area contributed by atoms with E-state index in [9.17, 15) is 4.79 Å². The smallest absolute Gasteiger partial charge is 0.229 e. The van der Waals surface area contributed by atoms with E-state index < -0.39 is 0 Å². The lowest BCUT2D eigenvalue weighted by molar-refractivity contribution is -0.120. The number of carbonyl (C=O) groups is 1. The standard InChI is InChI=1S/C19H21N3OS/c1-3-4-5-6-13(2)16-11-20-12-17(16)19(23)22-15-8-7-14-10-21-24-18(14)9-15/h3-10,16-17,20H,2,11-12H2,1H3,(H,22,23)/b4-3-,6-5-/t16-,17+/m0/s1. The van der Waals surface area contributed by atoms with Crippen LogP contribution in [0, 0.1) is 11.8 Å². The van der Waals surface area contributed by atoms with E-state index in [1.807, 2.05) is 55.6 Å². The SMILES string of the molecule is C=C(/C=C\C=C/C)[C@@H]1CNC[C@H]1C(=O)Nc1ccc2cnsc2c1. The van der Waals surface area contributed by atoms with Crippen LogP contribution in [0.25, 0.3) is 10.1 Å². The number of rotatable bonds is 5. The molecule has 0 aliphatic carbocycles. The van der Waals surface area contributed by atoms with Gasteiger partial charge in [0.05, 0.1) is 10.6 Å². The Kier molecular flexibility index (Phi) is 5.23. The zero-order valence-electron chi connectivity index (χ0n) is 13.7. The van der Waals surface area contributed by atoms with Crippen molar-refractivity contribution in [2.24, 2.45) is 11.8 Å². The number of hydrogen-bond donors (Lipinski definition) is 2. The van der Waals surface area contributed by atoms with Gasteiger partial charge >= 0.3 is 0 Å². The lowest BCUT2D eigenvalue weighted by Gasteiger charge is -2.18. The molecule has 1 aliphatic heterocycles. The molecule has 1 aliphatic rings. The lowest BCUT2D eigenvalue weighted by atomic mass is 9.88. The average molecular weight is 339 g/mol. The molecule has 5 heteroatoms. The van der Waals surface area contributed by atoms with Gasteiger partial charge in [0, 0.05) is 36.3 Å². The molecular weight excluding hydrogens is 318 g/mol. The van der Waals surface area contributed by atoms with Crippen molar-refractivity contribution < 1.29 is 4.79 Å². The Hall–Kier alpha value is -2.24. The van der Waals surface area contributed by atoms with Gasteiger partial charge in [-0.3, -0.25) is 4.79 Å². The summed E-state index contributed by atoms with van der Waals surface area (Å²) in [5.74, 6) is 0.0537. The zero-order valence-corrected chi connectivity index (χ0v) is 14.5. The third-order valence-corrected chi connectivity index (χ3v) is 5.03. The van der Waals surface area contributed by atoms with Crippen LogP contribution in [0.5, 0.6) is 0 Å². The van der Waals surface area contributed by atoms with Crippen molar-refractivity contribution in [2.75, 3.05) is 18.4 Å². The molecule has 0 unspecified atom stereocenters. The molecule has 4 nitrogen and oxygen atoms in total. The predicted molar refractivity (Wildman–Crippen MR) is 101 cm³/mol. The monoisotopic (exact) mass is 339 g/mol. The Morgan fingerprint density at radius 3 is 3.04 bits per heavy atom. The van der Waals surface area contributed by atoms with Crippen molar-refractivity contribution in [3.8, 4) is 0 Å². The maximum atomic E-state index is 12.7. The van der Waals surface area contributed by atoms with Gasteiger partial charge in [0.15, 0.2) is 0 Å². The van der Waals surface area contributed by atoms with Gasteiger partial charge in [0.25, 0.3) is 0 Å². The number of benzene rings is 1. The maximum absolute atomic E-state index is 12.7. The number of anilines is 1. The first kappa shape index (κ1) is 16.6. The molecule has 2 atom stereocenters. The quantitative estimate of drug-likeness (QED) is 0.816. The van der Waals surface area contributed by atoms with Crippen LogP contribution in [0.15, 0.2) is 60.9 Å². The summed E-state index contributed by atoms with van der Waals surface area (Å²) in [7, 11) is 0. The van der Waals surface area contributed by atoms with Crippen molar-refractivity contribution >= 4 is 33.2 Å². The number of nitrogens with one attached hydrogen (secondary N) is 2. The Balaban J connectivity index is 1.69. The molecule has 0 spiro atoms.